The van der Waals surface area contributed by atoms with Crippen molar-refractivity contribution in [1.82, 2.24) is 5.32 Å². The molecular formula is C12H16N2O3. The van der Waals surface area contributed by atoms with Gasteiger partial charge in [-0.05, 0) is 24.6 Å². The highest BCUT2D eigenvalue weighted by Crippen LogP contribution is 2.13. The van der Waals surface area contributed by atoms with Gasteiger partial charge in [-0.25, -0.2) is 0 Å². The van der Waals surface area contributed by atoms with Crippen molar-refractivity contribution in [3.05, 3.63) is 29.8 Å². The highest BCUT2D eigenvalue weighted by molar-refractivity contribution is 5.96. The van der Waals surface area contributed by atoms with Crippen LogP contribution in [0, 0.1) is 0 Å². The summed E-state index contributed by atoms with van der Waals surface area (Å²) in [5.41, 5.74) is 5.38. The van der Waals surface area contributed by atoms with Gasteiger partial charge < -0.3 is 15.8 Å². The van der Waals surface area contributed by atoms with E-state index in [1.807, 2.05) is 6.92 Å². The van der Waals surface area contributed by atoms with E-state index in [9.17, 15) is 9.59 Å². The molecule has 17 heavy (non-hydrogen) atoms. The van der Waals surface area contributed by atoms with Crippen LogP contribution in [-0.2, 0) is 4.79 Å². The smallest absolute Gasteiger partial charge is 0.251 e. The Labute approximate surface area is 99.9 Å². The average molecular weight is 236 g/mol. The molecule has 0 radical (unpaired) electrons. The first-order chi connectivity index (χ1) is 8.13. The second-order valence-electron chi connectivity index (χ2n) is 3.53. The standard InChI is InChI=1S/C12H16N2O3/c1-2-6-17-10-5-3-4-9(7-10)12(16)14-8-11(13)15/h3-5,7H,2,6,8H2,1H3,(H2,13,15)(H,14,16). The van der Waals surface area contributed by atoms with E-state index < -0.39 is 5.91 Å². The second-order valence-corrected chi connectivity index (χ2v) is 3.53. The van der Waals surface area contributed by atoms with Gasteiger partial charge in [-0.1, -0.05) is 13.0 Å². The van der Waals surface area contributed by atoms with Crippen molar-refractivity contribution in [3.8, 4) is 5.75 Å². The molecule has 0 atom stereocenters. The number of hydrogen-bond donors (Lipinski definition) is 2. The summed E-state index contributed by atoms with van der Waals surface area (Å²) in [6.45, 7) is 2.44. The lowest BCUT2D eigenvalue weighted by molar-refractivity contribution is -0.117. The lowest BCUT2D eigenvalue weighted by Gasteiger charge is -2.07. The normalized spacial score (nSPS) is 9.71. The molecule has 0 heterocycles. The summed E-state index contributed by atoms with van der Waals surface area (Å²) in [5, 5.41) is 2.41. The molecule has 92 valence electrons. The summed E-state index contributed by atoms with van der Waals surface area (Å²) in [6.07, 6.45) is 0.901. The van der Waals surface area contributed by atoms with Crippen molar-refractivity contribution < 1.29 is 14.3 Å². The van der Waals surface area contributed by atoms with Crippen molar-refractivity contribution >= 4 is 11.8 Å². The quantitative estimate of drug-likeness (QED) is 0.762. The van der Waals surface area contributed by atoms with Gasteiger partial charge in [0.05, 0.1) is 13.2 Å². The molecule has 1 rings (SSSR count). The number of amides is 2. The van der Waals surface area contributed by atoms with E-state index in [-0.39, 0.29) is 12.5 Å². The summed E-state index contributed by atoms with van der Waals surface area (Å²) >= 11 is 0. The number of nitrogens with two attached hydrogens (primary N) is 1. The van der Waals surface area contributed by atoms with E-state index in [4.69, 9.17) is 10.5 Å². The number of benzene rings is 1. The van der Waals surface area contributed by atoms with E-state index >= 15 is 0 Å². The Morgan fingerprint density at radius 3 is 2.82 bits per heavy atom. The lowest BCUT2D eigenvalue weighted by Crippen LogP contribution is -2.33. The molecule has 0 unspecified atom stereocenters. The molecular weight excluding hydrogens is 220 g/mol. The fraction of sp³-hybridized carbons (Fsp3) is 0.333. The summed E-state index contributed by atoms with van der Waals surface area (Å²) in [6, 6.07) is 6.78. The van der Waals surface area contributed by atoms with Crippen LogP contribution in [0.15, 0.2) is 24.3 Å². The first-order valence-corrected chi connectivity index (χ1v) is 5.43. The zero-order valence-electron chi connectivity index (χ0n) is 9.73. The van der Waals surface area contributed by atoms with Gasteiger partial charge in [0.2, 0.25) is 5.91 Å². The number of rotatable bonds is 6. The van der Waals surface area contributed by atoms with E-state index in [1.165, 1.54) is 0 Å². The van der Waals surface area contributed by atoms with Gasteiger partial charge in [0.1, 0.15) is 5.75 Å². The van der Waals surface area contributed by atoms with Crippen LogP contribution in [0.1, 0.15) is 23.7 Å². The van der Waals surface area contributed by atoms with Gasteiger partial charge in [-0.15, -0.1) is 0 Å². The van der Waals surface area contributed by atoms with E-state index in [0.29, 0.717) is 17.9 Å². The number of primary amides is 1. The molecule has 0 aliphatic carbocycles. The predicted octanol–water partition coefficient (Wildman–Crippen LogP) is 0.690. The number of ether oxygens (including phenoxy) is 1. The van der Waals surface area contributed by atoms with Crippen LogP contribution in [0.3, 0.4) is 0 Å². The average Bonchev–Trinajstić information content (AvgIpc) is 2.33. The maximum Gasteiger partial charge on any atom is 0.251 e. The first kappa shape index (κ1) is 13.0. The molecule has 0 saturated carbocycles. The summed E-state index contributed by atoms with van der Waals surface area (Å²) in [5.74, 6) is -0.277. The van der Waals surface area contributed by atoms with E-state index in [2.05, 4.69) is 5.32 Å². The molecule has 5 heteroatoms. The Balaban J connectivity index is 2.63. The maximum absolute atomic E-state index is 11.6. The molecule has 0 bridgehead atoms. The number of nitrogens with one attached hydrogen (secondary N) is 1. The molecule has 0 aliphatic heterocycles. The van der Waals surface area contributed by atoms with Crippen molar-refractivity contribution in [2.24, 2.45) is 5.73 Å². The predicted molar refractivity (Wildman–Crippen MR) is 63.8 cm³/mol. The van der Waals surface area contributed by atoms with Gasteiger partial charge >= 0.3 is 0 Å². The fourth-order valence-corrected chi connectivity index (χ4v) is 1.22. The van der Waals surface area contributed by atoms with Crippen molar-refractivity contribution in [2.45, 2.75) is 13.3 Å². The minimum Gasteiger partial charge on any atom is -0.494 e. The van der Waals surface area contributed by atoms with Crippen LogP contribution >= 0.6 is 0 Å². The number of carbonyl (C=O) groups is 2. The molecule has 0 aliphatic rings. The van der Waals surface area contributed by atoms with Crippen LogP contribution in [-0.4, -0.2) is 25.0 Å². The second kappa shape index (κ2) is 6.52. The minimum absolute atomic E-state index is 0.168. The van der Waals surface area contributed by atoms with Gasteiger partial charge in [0.15, 0.2) is 0 Å². The first-order valence-electron chi connectivity index (χ1n) is 5.43. The molecule has 1 aromatic rings. The maximum atomic E-state index is 11.6. The Bertz CT molecular complexity index is 404. The lowest BCUT2D eigenvalue weighted by atomic mass is 10.2. The van der Waals surface area contributed by atoms with Gasteiger partial charge in [0.25, 0.3) is 5.91 Å². The molecule has 1 aromatic carbocycles. The fourth-order valence-electron chi connectivity index (χ4n) is 1.22. The highest BCUT2D eigenvalue weighted by Gasteiger charge is 2.07. The van der Waals surface area contributed by atoms with E-state index in [1.54, 1.807) is 24.3 Å². The summed E-state index contributed by atoms with van der Waals surface area (Å²) in [4.78, 5) is 22.1. The molecule has 0 saturated heterocycles. The molecule has 5 nitrogen and oxygen atoms in total. The summed E-state index contributed by atoms with van der Waals surface area (Å²) in [7, 11) is 0. The Morgan fingerprint density at radius 1 is 1.41 bits per heavy atom. The molecule has 0 fully saturated rings. The monoisotopic (exact) mass is 236 g/mol. The SMILES string of the molecule is CCCOc1cccc(C(=O)NCC(N)=O)c1. The minimum atomic E-state index is -0.572. The third kappa shape index (κ3) is 4.55. The zero-order valence-corrected chi connectivity index (χ0v) is 9.73. The van der Waals surface area contributed by atoms with Gasteiger partial charge in [0, 0.05) is 5.56 Å². The van der Waals surface area contributed by atoms with Crippen LogP contribution in [0.4, 0.5) is 0 Å². The third-order valence-electron chi connectivity index (χ3n) is 1.99. The number of carbonyl (C=O) groups excluding carboxylic acids is 2. The van der Waals surface area contributed by atoms with Crippen molar-refractivity contribution in [3.63, 3.8) is 0 Å². The zero-order chi connectivity index (χ0) is 12.7. The topological polar surface area (TPSA) is 81.4 Å². The Morgan fingerprint density at radius 2 is 2.18 bits per heavy atom. The molecule has 3 N–H and O–H groups in total. The summed E-state index contributed by atoms with van der Waals surface area (Å²) < 4.78 is 5.40. The Hall–Kier alpha value is -2.04. The van der Waals surface area contributed by atoms with Gasteiger partial charge in [-0.3, -0.25) is 9.59 Å². The number of hydrogen-bond acceptors (Lipinski definition) is 3. The molecule has 0 aromatic heterocycles. The van der Waals surface area contributed by atoms with Crippen molar-refractivity contribution in [1.29, 1.82) is 0 Å². The molecule has 2 amide bonds. The van der Waals surface area contributed by atoms with Crippen molar-refractivity contribution in [2.75, 3.05) is 13.2 Å². The van der Waals surface area contributed by atoms with Crippen LogP contribution in [0.2, 0.25) is 0 Å². The largest absolute Gasteiger partial charge is 0.494 e. The van der Waals surface area contributed by atoms with Crippen LogP contribution < -0.4 is 15.8 Å². The van der Waals surface area contributed by atoms with Crippen LogP contribution in [0.25, 0.3) is 0 Å². The van der Waals surface area contributed by atoms with Gasteiger partial charge in [-0.2, -0.15) is 0 Å². The Kier molecular flexibility index (Phi) is 5.00. The third-order valence-corrected chi connectivity index (χ3v) is 1.99. The van der Waals surface area contributed by atoms with E-state index in [0.717, 1.165) is 6.42 Å². The van der Waals surface area contributed by atoms with Crippen LogP contribution in [0.5, 0.6) is 5.75 Å². The molecule has 0 spiro atoms. The highest BCUT2D eigenvalue weighted by atomic mass is 16.5.